The summed E-state index contributed by atoms with van der Waals surface area (Å²) in [5.74, 6) is -0.302. The van der Waals surface area contributed by atoms with Gasteiger partial charge >= 0.3 is 0 Å². The van der Waals surface area contributed by atoms with Gasteiger partial charge in [0.2, 0.25) is 0 Å². The third-order valence-corrected chi connectivity index (χ3v) is 3.49. The van der Waals surface area contributed by atoms with Crippen LogP contribution in [0.25, 0.3) is 0 Å². The largest absolute Gasteiger partial charge is 0.330 e. The second kappa shape index (κ2) is 7.74. The molecule has 0 saturated heterocycles. The van der Waals surface area contributed by atoms with E-state index in [0.717, 1.165) is 25.1 Å². The number of rotatable bonds is 5. The van der Waals surface area contributed by atoms with Crippen LogP contribution < -0.4 is 10.2 Å². The molecule has 0 aliphatic carbocycles. The molecule has 2 aromatic rings. The van der Waals surface area contributed by atoms with Gasteiger partial charge in [0.05, 0.1) is 5.69 Å². The maximum Gasteiger partial charge on any atom is 0.178 e. The molecule has 2 aromatic carbocycles. The zero-order valence-corrected chi connectivity index (χ0v) is 12.9. The number of anilines is 2. The van der Waals surface area contributed by atoms with Crippen LogP contribution >= 0.6 is 12.2 Å². The maximum absolute atomic E-state index is 13.7. The van der Waals surface area contributed by atoms with Crippen LogP contribution in [-0.4, -0.2) is 11.7 Å². The Hall–Kier alpha value is -1.94. The highest BCUT2D eigenvalue weighted by Crippen LogP contribution is 2.18. The Labute approximate surface area is 130 Å². The highest BCUT2D eigenvalue weighted by Gasteiger charge is 2.12. The summed E-state index contributed by atoms with van der Waals surface area (Å²) in [5, 5.41) is 3.51. The maximum atomic E-state index is 13.7. The average molecular weight is 302 g/mol. The van der Waals surface area contributed by atoms with Crippen LogP contribution in [0.4, 0.5) is 15.8 Å². The van der Waals surface area contributed by atoms with Crippen molar-refractivity contribution < 1.29 is 4.39 Å². The Morgan fingerprint density at radius 3 is 2.43 bits per heavy atom. The molecule has 0 heterocycles. The van der Waals surface area contributed by atoms with E-state index in [9.17, 15) is 4.39 Å². The van der Waals surface area contributed by atoms with Gasteiger partial charge in [0.25, 0.3) is 0 Å². The summed E-state index contributed by atoms with van der Waals surface area (Å²) in [7, 11) is 0. The van der Waals surface area contributed by atoms with Crippen LogP contribution in [0.15, 0.2) is 54.6 Å². The third-order valence-electron chi connectivity index (χ3n) is 3.16. The summed E-state index contributed by atoms with van der Waals surface area (Å²) in [4.78, 5) is 2.01. The van der Waals surface area contributed by atoms with Gasteiger partial charge in [0, 0.05) is 12.2 Å². The van der Waals surface area contributed by atoms with Crippen molar-refractivity contribution in [1.29, 1.82) is 0 Å². The van der Waals surface area contributed by atoms with Crippen LogP contribution in [-0.2, 0) is 0 Å². The Morgan fingerprint density at radius 2 is 1.76 bits per heavy atom. The molecule has 0 aliphatic rings. The quantitative estimate of drug-likeness (QED) is 0.796. The standard InChI is InChI=1S/C17H19FN2S/c1-2-3-13-20(14-9-5-4-6-10-14)17(21)19-16-12-8-7-11-15(16)18/h4-12H,2-3,13H2,1H3,(H,19,21). The number of hydrogen-bond acceptors (Lipinski definition) is 1. The zero-order valence-electron chi connectivity index (χ0n) is 12.1. The van der Waals surface area contributed by atoms with E-state index in [4.69, 9.17) is 12.2 Å². The summed E-state index contributed by atoms with van der Waals surface area (Å²) in [6, 6.07) is 16.5. The summed E-state index contributed by atoms with van der Waals surface area (Å²) in [6.45, 7) is 2.94. The van der Waals surface area contributed by atoms with Gasteiger partial charge in [-0.25, -0.2) is 4.39 Å². The van der Waals surface area contributed by atoms with Gasteiger partial charge < -0.3 is 10.2 Å². The second-order valence-electron chi connectivity index (χ2n) is 4.75. The fourth-order valence-corrected chi connectivity index (χ4v) is 2.32. The molecular weight excluding hydrogens is 283 g/mol. The Morgan fingerprint density at radius 1 is 1.10 bits per heavy atom. The van der Waals surface area contributed by atoms with Crippen molar-refractivity contribution in [3.8, 4) is 0 Å². The van der Waals surface area contributed by atoms with Crippen molar-refractivity contribution in [3.05, 3.63) is 60.4 Å². The van der Waals surface area contributed by atoms with Gasteiger partial charge in [-0.1, -0.05) is 43.7 Å². The van der Waals surface area contributed by atoms with Crippen molar-refractivity contribution in [2.45, 2.75) is 19.8 Å². The Kier molecular flexibility index (Phi) is 5.69. The summed E-state index contributed by atoms with van der Waals surface area (Å²) >= 11 is 5.46. The van der Waals surface area contributed by atoms with Crippen molar-refractivity contribution in [2.24, 2.45) is 0 Å². The summed E-state index contributed by atoms with van der Waals surface area (Å²) in [5.41, 5.74) is 1.42. The van der Waals surface area contributed by atoms with E-state index in [1.165, 1.54) is 6.07 Å². The van der Waals surface area contributed by atoms with Gasteiger partial charge in [0.1, 0.15) is 5.82 Å². The molecule has 0 bridgehead atoms. The molecule has 1 N–H and O–H groups in total. The monoisotopic (exact) mass is 302 g/mol. The minimum absolute atomic E-state index is 0.302. The molecule has 0 radical (unpaired) electrons. The van der Waals surface area contributed by atoms with E-state index in [2.05, 4.69) is 12.2 Å². The van der Waals surface area contributed by atoms with E-state index < -0.39 is 0 Å². The molecule has 0 unspecified atom stereocenters. The highest BCUT2D eigenvalue weighted by atomic mass is 32.1. The number of hydrogen-bond donors (Lipinski definition) is 1. The summed E-state index contributed by atoms with van der Waals surface area (Å²) < 4.78 is 13.7. The minimum Gasteiger partial charge on any atom is -0.330 e. The van der Waals surface area contributed by atoms with E-state index >= 15 is 0 Å². The van der Waals surface area contributed by atoms with Gasteiger partial charge in [-0.15, -0.1) is 0 Å². The van der Waals surface area contributed by atoms with Crippen molar-refractivity contribution >= 4 is 28.7 Å². The van der Waals surface area contributed by atoms with Crippen LogP contribution in [0.2, 0.25) is 0 Å². The summed E-state index contributed by atoms with van der Waals surface area (Å²) in [6.07, 6.45) is 2.10. The average Bonchev–Trinajstić information content (AvgIpc) is 2.51. The van der Waals surface area contributed by atoms with Gasteiger partial charge in [0.15, 0.2) is 5.11 Å². The van der Waals surface area contributed by atoms with Crippen LogP contribution in [0.3, 0.4) is 0 Å². The first-order chi connectivity index (χ1) is 10.2. The number of nitrogens with zero attached hydrogens (tertiary/aromatic N) is 1. The second-order valence-corrected chi connectivity index (χ2v) is 5.14. The molecule has 0 aliphatic heterocycles. The SMILES string of the molecule is CCCCN(C(=S)Nc1ccccc1F)c1ccccc1. The Bertz CT molecular complexity index is 586. The number of thiocarbonyl (C=S) groups is 1. The van der Waals surface area contributed by atoms with E-state index in [0.29, 0.717) is 10.8 Å². The zero-order chi connectivity index (χ0) is 15.1. The Balaban J connectivity index is 2.17. The lowest BCUT2D eigenvalue weighted by molar-refractivity contribution is 0.632. The van der Waals surface area contributed by atoms with Crippen LogP contribution in [0.5, 0.6) is 0 Å². The predicted octanol–water partition coefficient (Wildman–Crippen LogP) is 4.83. The fourth-order valence-electron chi connectivity index (χ4n) is 2.02. The molecule has 0 aromatic heterocycles. The molecule has 4 heteroatoms. The lowest BCUT2D eigenvalue weighted by atomic mass is 10.2. The molecule has 0 fully saturated rings. The smallest absolute Gasteiger partial charge is 0.178 e. The number of para-hydroxylation sites is 2. The topological polar surface area (TPSA) is 15.3 Å². The van der Waals surface area contributed by atoms with Gasteiger partial charge in [-0.05, 0) is 42.9 Å². The number of nitrogens with one attached hydrogen (secondary N) is 1. The lowest BCUT2D eigenvalue weighted by Gasteiger charge is -2.26. The number of unbranched alkanes of at least 4 members (excludes halogenated alkanes) is 1. The fraction of sp³-hybridized carbons (Fsp3) is 0.235. The predicted molar refractivity (Wildman–Crippen MR) is 91.3 cm³/mol. The van der Waals surface area contributed by atoms with Crippen LogP contribution in [0.1, 0.15) is 19.8 Å². The van der Waals surface area contributed by atoms with E-state index in [-0.39, 0.29) is 5.82 Å². The van der Waals surface area contributed by atoms with Crippen molar-refractivity contribution in [2.75, 3.05) is 16.8 Å². The lowest BCUT2D eigenvalue weighted by Crippen LogP contribution is -2.35. The first-order valence-corrected chi connectivity index (χ1v) is 7.51. The molecule has 0 atom stereocenters. The number of halogens is 1. The first-order valence-electron chi connectivity index (χ1n) is 7.10. The van der Waals surface area contributed by atoms with Crippen molar-refractivity contribution in [3.63, 3.8) is 0 Å². The van der Waals surface area contributed by atoms with Crippen molar-refractivity contribution in [1.82, 2.24) is 0 Å². The molecular formula is C17H19FN2S. The molecule has 110 valence electrons. The van der Waals surface area contributed by atoms with E-state index in [1.807, 2.05) is 35.2 Å². The molecule has 0 amide bonds. The molecule has 2 nitrogen and oxygen atoms in total. The molecule has 0 spiro atoms. The first kappa shape index (κ1) is 15.4. The highest BCUT2D eigenvalue weighted by molar-refractivity contribution is 7.80. The third kappa shape index (κ3) is 4.26. The normalized spacial score (nSPS) is 10.2. The number of benzene rings is 2. The van der Waals surface area contributed by atoms with Gasteiger partial charge in [-0.2, -0.15) is 0 Å². The molecule has 21 heavy (non-hydrogen) atoms. The minimum atomic E-state index is -0.302. The van der Waals surface area contributed by atoms with Gasteiger partial charge in [-0.3, -0.25) is 0 Å². The van der Waals surface area contributed by atoms with E-state index in [1.54, 1.807) is 18.2 Å². The van der Waals surface area contributed by atoms with Crippen LogP contribution in [0, 0.1) is 5.82 Å². The molecule has 2 rings (SSSR count). The molecule has 0 saturated carbocycles.